The number of nitrogens with one attached hydrogen (secondary N) is 1. The number of ether oxygens (including phenoxy) is 1. The summed E-state index contributed by atoms with van der Waals surface area (Å²) >= 11 is 0. The van der Waals surface area contributed by atoms with Gasteiger partial charge in [-0.25, -0.2) is 0 Å². The second kappa shape index (κ2) is 9.41. The van der Waals surface area contributed by atoms with Crippen LogP contribution in [0.3, 0.4) is 0 Å². The number of carboxylic acid groups (broad SMARTS) is 1. The maximum Gasteiger partial charge on any atom is 0.305 e. The summed E-state index contributed by atoms with van der Waals surface area (Å²) in [5.74, 6) is -1.33. The molecule has 7 nitrogen and oxygen atoms in total. The summed E-state index contributed by atoms with van der Waals surface area (Å²) in [5.41, 5.74) is 0. The van der Waals surface area contributed by atoms with E-state index in [-0.39, 0.29) is 31.4 Å². The lowest BCUT2D eigenvalue weighted by Crippen LogP contribution is -2.37. The van der Waals surface area contributed by atoms with E-state index in [1.165, 1.54) is 18.9 Å². The molecule has 0 aromatic carbocycles. The molecule has 0 atom stereocenters. The molecular weight excluding hydrogens is 240 g/mol. The van der Waals surface area contributed by atoms with Gasteiger partial charge in [0.2, 0.25) is 11.8 Å². The lowest BCUT2D eigenvalue weighted by molar-refractivity contribution is -0.139. The highest BCUT2D eigenvalue weighted by Gasteiger charge is 2.14. The SMILES string of the molecule is COCC(=O)N(CCCNC(C)=O)CCC(=O)O. The standard InChI is InChI=1S/C11H20N2O5/c1-9(14)12-5-3-6-13(7-4-11(16)17)10(15)8-18-2/h3-8H2,1-2H3,(H,12,14)(H,16,17). The van der Waals surface area contributed by atoms with Gasteiger partial charge in [0, 0.05) is 33.7 Å². The van der Waals surface area contributed by atoms with E-state index in [0.717, 1.165) is 0 Å². The number of amides is 2. The molecule has 0 aliphatic rings. The third-order valence-corrected chi connectivity index (χ3v) is 2.19. The number of methoxy groups -OCH3 is 1. The summed E-state index contributed by atoms with van der Waals surface area (Å²) < 4.78 is 4.73. The van der Waals surface area contributed by atoms with Crippen LogP contribution in [0.4, 0.5) is 0 Å². The number of aliphatic carboxylic acids is 1. The van der Waals surface area contributed by atoms with Gasteiger partial charge in [-0.1, -0.05) is 0 Å². The highest BCUT2D eigenvalue weighted by molar-refractivity contribution is 5.78. The van der Waals surface area contributed by atoms with Crippen LogP contribution in [0.25, 0.3) is 0 Å². The second-order valence-corrected chi connectivity index (χ2v) is 3.79. The van der Waals surface area contributed by atoms with E-state index in [9.17, 15) is 14.4 Å². The molecule has 0 saturated heterocycles. The minimum Gasteiger partial charge on any atom is -0.481 e. The van der Waals surface area contributed by atoms with Gasteiger partial charge in [-0.2, -0.15) is 0 Å². The van der Waals surface area contributed by atoms with Crippen LogP contribution in [0.2, 0.25) is 0 Å². The van der Waals surface area contributed by atoms with Gasteiger partial charge in [0.25, 0.3) is 0 Å². The van der Waals surface area contributed by atoms with Crippen LogP contribution in [0, 0.1) is 0 Å². The summed E-state index contributed by atoms with van der Waals surface area (Å²) in [6, 6.07) is 0. The number of carboxylic acids is 1. The summed E-state index contributed by atoms with van der Waals surface area (Å²) in [7, 11) is 1.41. The number of hydrogen-bond acceptors (Lipinski definition) is 4. The predicted molar refractivity (Wildman–Crippen MR) is 64.0 cm³/mol. The van der Waals surface area contributed by atoms with Crippen LogP contribution in [-0.4, -0.2) is 61.1 Å². The molecule has 18 heavy (non-hydrogen) atoms. The predicted octanol–water partition coefficient (Wildman–Crippen LogP) is -0.538. The quantitative estimate of drug-likeness (QED) is 0.543. The highest BCUT2D eigenvalue weighted by atomic mass is 16.5. The number of rotatable bonds is 9. The van der Waals surface area contributed by atoms with E-state index >= 15 is 0 Å². The molecule has 0 fully saturated rings. The van der Waals surface area contributed by atoms with E-state index in [1.54, 1.807) is 0 Å². The van der Waals surface area contributed by atoms with E-state index in [0.29, 0.717) is 19.5 Å². The Hall–Kier alpha value is -1.63. The first-order valence-corrected chi connectivity index (χ1v) is 5.70. The molecule has 0 aliphatic carbocycles. The zero-order valence-corrected chi connectivity index (χ0v) is 10.8. The van der Waals surface area contributed by atoms with E-state index in [4.69, 9.17) is 9.84 Å². The van der Waals surface area contributed by atoms with Crippen molar-refractivity contribution in [2.75, 3.05) is 33.4 Å². The molecule has 0 heterocycles. The monoisotopic (exact) mass is 260 g/mol. The third-order valence-electron chi connectivity index (χ3n) is 2.19. The fraction of sp³-hybridized carbons (Fsp3) is 0.727. The topological polar surface area (TPSA) is 95.9 Å². The lowest BCUT2D eigenvalue weighted by Gasteiger charge is -2.21. The van der Waals surface area contributed by atoms with Crippen molar-refractivity contribution in [1.82, 2.24) is 10.2 Å². The molecule has 0 bridgehead atoms. The second-order valence-electron chi connectivity index (χ2n) is 3.79. The summed E-state index contributed by atoms with van der Waals surface area (Å²) in [6.45, 7) is 2.35. The molecule has 0 aromatic heterocycles. The van der Waals surface area contributed by atoms with Crippen molar-refractivity contribution in [2.24, 2.45) is 0 Å². The molecule has 2 amide bonds. The fourth-order valence-corrected chi connectivity index (χ4v) is 1.34. The number of hydrogen-bond donors (Lipinski definition) is 2. The van der Waals surface area contributed by atoms with Crippen LogP contribution in [-0.2, 0) is 19.1 Å². The summed E-state index contributed by atoms with van der Waals surface area (Å²) in [4.78, 5) is 34.2. The van der Waals surface area contributed by atoms with Gasteiger partial charge < -0.3 is 20.1 Å². The van der Waals surface area contributed by atoms with Crippen molar-refractivity contribution in [3.8, 4) is 0 Å². The lowest BCUT2D eigenvalue weighted by atomic mass is 10.3. The van der Waals surface area contributed by atoms with Gasteiger partial charge >= 0.3 is 5.97 Å². The van der Waals surface area contributed by atoms with E-state index < -0.39 is 5.97 Å². The van der Waals surface area contributed by atoms with Crippen LogP contribution in [0.15, 0.2) is 0 Å². The van der Waals surface area contributed by atoms with Gasteiger partial charge in [-0.05, 0) is 6.42 Å². The van der Waals surface area contributed by atoms with Crippen LogP contribution >= 0.6 is 0 Å². The average molecular weight is 260 g/mol. The molecule has 2 N–H and O–H groups in total. The molecule has 0 unspecified atom stereocenters. The highest BCUT2D eigenvalue weighted by Crippen LogP contribution is 1.96. The molecule has 0 aromatic rings. The van der Waals surface area contributed by atoms with E-state index in [2.05, 4.69) is 5.32 Å². The minimum absolute atomic E-state index is 0.0697. The molecular formula is C11H20N2O5. The van der Waals surface area contributed by atoms with Gasteiger partial charge in [0.15, 0.2) is 0 Å². The van der Waals surface area contributed by atoms with Crippen molar-refractivity contribution >= 4 is 17.8 Å². The Morgan fingerprint density at radius 1 is 1.28 bits per heavy atom. The van der Waals surface area contributed by atoms with Crippen LogP contribution in [0.1, 0.15) is 19.8 Å². The zero-order chi connectivity index (χ0) is 14.0. The largest absolute Gasteiger partial charge is 0.481 e. The first-order valence-electron chi connectivity index (χ1n) is 5.70. The Morgan fingerprint density at radius 2 is 1.94 bits per heavy atom. The van der Waals surface area contributed by atoms with Crippen molar-refractivity contribution in [1.29, 1.82) is 0 Å². The molecule has 104 valence electrons. The number of carbonyl (C=O) groups is 3. The normalized spacial score (nSPS) is 9.89. The Morgan fingerprint density at radius 3 is 2.44 bits per heavy atom. The van der Waals surface area contributed by atoms with Gasteiger partial charge in [-0.3, -0.25) is 14.4 Å². The number of nitrogens with zero attached hydrogens (tertiary/aromatic N) is 1. The minimum atomic E-state index is -0.952. The van der Waals surface area contributed by atoms with Crippen molar-refractivity contribution in [3.05, 3.63) is 0 Å². The van der Waals surface area contributed by atoms with Crippen molar-refractivity contribution < 1.29 is 24.2 Å². The van der Waals surface area contributed by atoms with Gasteiger partial charge in [-0.15, -0.1) is 0 Å². The zero-order valence-electron chi connectivity index (χ0n) is 10.8. The van der Waals surface area contributed by atoms with Crippen molar-refractivity contribution in [3.63, 3.8) is 0 Å². The molecule has 0 aliphatic heterocycles. The molecule has 7 heteroatoms. The number of carbonyl (C=O) groups excluding carboxylic acids is 2. The molecule has 0 radical (unpaired) electrons. The van der Waals surface area contributed by atoms with Crippen LogP contribution in [0.5, 0.6) is 0 Å². The van der Waals surface area contributed by atoms with E-state index in [1.807, 2.05) is 0 Å². The maximum absolute atomic E-state index is 11.6. The summed E-state index contributed by atoms with van der Waals surface area (Å²) in [5, 5.41) is 11.2. The van der Waals surface area contributed by atoms with Gasteiger partial charge in [0.1, 0.15) is 6.61 Å². The van der Waals surface area contributed by atoms with Crippen molar-refractivity contribution in [2.45, 2.75) is 19.8 Å². The maximum atomic E-state index is 11.6. The third kappa shape index (κ3) is 8.51. The Labute approximate surface area is 106 Å². The van der Waals surface area contributed by atoms with Gasteiger partial charge in [0.05, 0.1) is 6.42 Å². The first kappa shape index (κ1) is 16.4. The van der Waals surface area contributed by atoms with Crippen LogP contribution < -0.4 is 5.32 Å². The first-order chi connectivity index (χ1) is 8.47. The average Bonchev–Trinajstić information content (AvgIpc) is 2.27. The smallest absolute Gasteiger partial charge is 0.305 e. The summed E-state index contributed by atoms with van der Waals surface area (Å²) in [6.07, 6.45) is 0.476. The Bertz CT molecular complexity index is 293. The molecule has 0 rings (SSSR count). The Balaban J connectivity index is 4.07. The molecule has 0 saturated carbocycles. The fourth-order valence-electron chi connectivity index (χ4n) is 1.34. The Kier molecular flexibility index (Phi) is 8.55. The molecule has 0 spiro atoms.